The first-order valence-electron chi connectivity index (χ1n) is 10.0. The highest BCUT2D eigenvalue weighted by atomic mass is 19.1. The van der Waals surface area contributed by atoms with Crippen molar-refractivity contribution in [2.75, 3.05) is 24.5 Å². The monoisotopic (exact) mass is 396 g/mol. The van der Waals surface area contributed by atoms with E-state index in [0.29, 0.717) is 12.4 Å². The Labute approximate surface area is 169 Å². The maximum absolute atomic E-state index is 13.1. The molecule has 4 heterocycles. The second-order valence-corrected chi connectivity index (χ2v) is 7.56. The van der Waals surface area contributed by atoms with Crippen LogP contribution in [-0.4, -0.2) is 52.8 Å². The zero-order valence-corrected chi connectivity index (χ0v) is 16.2. The number of pyridine rings is 2. The number of aromatic nitrogens is 2. The molecule has 7 nitrogen and oxygen atoms in total. The molecular weight excluding hydrogens is 371 g/mol. The first-order chi connectivity index (χ1) is 14.2. The number of hydrogen-bond donors (Lipinski definition) is 1. The van der Waals surface area contributed by atoms with Gasteiger partial charge in [0, 0.05) is 31.7 Å². The molecule has 8 heteroatoms. The van der Waals surface area contributed by atoms with E-state index in [9.17, 15) is 9.18 Å². The van der Waals surface area contributed by atoms with Gasteiger partial charge in [-0.15, -0.1) is 0 Å². The van der Waals surface area contributed by atoms with Crippen LogP contribution in [0.15, 0.2) is 41.7 Å². The van der Waals surface area contributed by atoms with Gasteiger partial charge in [-0.05, 0) is 49.4 Å². The number of aliphatic imine (C=N–C) groups is 1. The molecule has 4 rings (SSSR count). The Morgan fingerprint density at radius 3 is 2.97 bits per heavy atom. The van der Waals surface area contributed by atoms with Gasteiger partial charge >= 0.3 is 0 Å². The molecule has 2 aromatic rings. The Balaban J connectivity index is 1.33. The molecule has 2 fully saturated rings. The summed E-state index contributed by atoms with van der Waals surface area (Å²) in [6.45, 7) is 2.17. The fourth-order valence-corrected chi connectivity index (χ4v) is 4.37. The third-order valence-corrected chi connectivity index (χ3v) is 5.77. The number of carbonyl (C=O) groups is 1. The summed E-state index contributed by atoms with van der Waals surface area (Å²) >= 11 is 0. The van der Waals surface area contributed by atoms with Crippen molar-refractivity contribution < 1.29 is 9.18 Å². The van der Waals surface area contributed by atoms with E-state index >= 15 is 0 Å². The molecule has 2 unspecified atom stereocenters. The molecule has 2 aliphatic rings. The van der Waals surface area contributed by atoms with Gasteiger partial charge in [0.15, 0.2) is 5.82 Å². The third kappa shape index (κ3) is 4.21. The van der Waals surface area contributed by atoms with E-state index < -0.39 is 0 Å². The Hall–Kier alpha value is -3.03. The smallest absolute Gasteiger partial charge is 0.226 e. The van der Waals surface area contributed by atoms with Crippen LogP contribution in [0.4, 0.5) is 16.0 Å². The van der Waals surface area contributed by atoms with Crippen LogP contribution in [0.5, 0.6) is 0 Å². The van der Waals surface area contributed by atoms with Gasteiger partial charge in [0.2, 0.25) is 5.91 Å². The van der Waals surface area contributed by atoms with Crippen LogP contribution in [0, 0.1) is 11.7 Å². The maximum atomic E-state index is 13.1. The molecule has 0 aromatic carbocycles. The van der Waals surface area contributed by atoms with Gasteiger partial charge in [0.05, 0.1) is 18.6 Å². The number of halogens is 1. The van der Waals surface area contributed by atoms with Gasteiger partial charge in [-0.3, -0.25) is 4.79 Å². The number of nitrogens with two attached hydrogens (primary N) is 1. The number of aryl methyl sites for hydroxylation is 1. The lowest BCUT2D eigenvalue weighted by Gasteiger charge is -2.38. The van der Waals surface area contributed by atoms with Crippen molar-refractivity contribution in [1.82, 2.24) is 14.9 Å². The molecule has 0 saturated carbocycles. The standard InChI is InChI=1S/C21H25FN6O/c22-17-6-7-19(25-12-17)27-9-10-28-18(13-27)11-16(21(28)29)4-1-3-15-5-2-8-24-20(15)26-14-23/h2,5-8,12,14,16,18H,1,3-4,9-11,13H2,(H2,23,24,26). The molecule has 2 N–H and O–H groups in total. The second-order valence-electron chi connectivity index (χ2n) is 7.56. The van der Waals surface area contributed by atoms with Gasteiger partial charge in [0.25, 0.3) is 0 Å². The van der Waals surface area contributed by atoms with Gasteiger partial charge in [-0.1, -0.05) is 6.07 Å². The lowest BCUT2D eigenvalue weighted by Crippen LogP contribution is -2.51. The number of fused-ring (bicyclic) bond motifs is 1. The molecule has 1 amide bonds. The van der Waals surface area contributed by atoms with Crippen LogP contribution in [0.25, 0.3) is 0 Å². The largest absolute Gasteiger partial charge is 0.390 e. The van der Waals surface area contributed by atoms with Gasteiger partial charge in [0.1, 0.15) is 11.6 Å². The minimum absolute atomic E-state index is 0.0549. The van der Waals surface area contributed by atoms with Crippen LogP contribution in [0.2, 0.25) is 0 Å². The highest BCUT2D eigenvalue weighted by molar-refractivity contribution is 5.82. The van der Waals surface area contributed by atoms with Crippen molar-refractivity contribution in [3.05, 3.63) is 48.0 Å². The van der Waals surface area contributed by atoms with Gasteiger partial charge in [-0.25, -0.2) is 19.4 Å². The number of piperazine rings is 1. The summed E-state index contributed by atoms with van der Waals surface area (Å²) < 4.78 is 13.1. The molecule has 29 heavy (non-hydrogen) atoms. The second kappa shape index (κ2) is 8.55. The van der Waals surface area contributed by atoms with Crippen molar-refractivity contribution >= 4 is 23.9 Å². The van der Waals surface area contributed by atoms with E-state index in [2.05, 4.69) is 19.9 Å². The Morgan fingerprint density at radius 1 is 1.28 bits per heavy atom. The minimum Gasteiger partial charge on any atom is -0.390 e. The van der Waals surface area contributed by atoms with Gasteiger partial charge < -0.3 is 15.5 Å². The first-order valence-corrected chi connectivity index (χ1v) is 10.0. The molecule has 2 saturated heterocycles. The normalized spacial score (nSPS) is 21.8. The maximum Gasteiger partial charge on any atom is 0.226 e. The summed E-state index contributed by atoms with van der Waals surface area (Å²) in [5.74, 6) is 1.39. The molecule has 0 radical (unpaired) electrons. The van der Waals surface area contributed by atoms with Crippen molar-refractivity contribution in [2.45, 2.75) is 31.7 Å². The minimum atomic E-state index is -0.336. The fourth-order valence-electron chi connectivity index (χ4n) is 4.37. The van der Waals surface area contributed by atoms with E-state index in [0.717, 1.165) is 50.2 Å². The van der Waals surface area contributed by atoms with Crippen LogP contribution in [0.3, 0.4) is 0 Å². The third-order valence-electron chi connectivity index (χ3n) is 5.77. The van der Waals surface area contributed by atoms with E-state index in [4.69, 9.17) is 5.73 Å². The quantitative estimate of drug-likeness (QED) is 0.598. The Bertz CT molecular complexity index is 887. The predicted octanol–water partition coefficient (Wildman–Crippen LogP) is 2.29. The predicted molar refractivity (Wildman–Crippen MR) is 110 cm³/mol. The van der Waals surface area contributed by atoms with Crippen LogP contribution in [0.1, 0.15) is 24.8 Å². The summed E-state index contributed by atoms with van der Waals surface area (Å²) in [6, 6.07) is 7.23. The highest BCUT2D eigenvalue weighted by Gasteiger charge is 2.42. The average molecular weight is 396 g/mol. The molecule has 2 aromatic heterocycles. The first kappa shape index (κ1) is 19.3. The topological polar surface area (TPSA) is 87.7 Å². The van der Waals surface area contributed by atoms with E-state index in [1.54, 1.807) is 12.3 Å². The summed E-state index contributed by atoms with van der Waals surface area (Å²) in [6.07, 6.45) is 7.63. The number of anilines is 1. The number of nitrogens with zero attached hydrogens (tertiary/aromatic N) is 5. The Morgan fingerprint density at radius 2 is 2.17 bits per heavy atom. The van der Waals surface area contributed by atoms with Crippen molar-refractivity contribution in [1.29, 1.82) is 0 Å². The van der Waals surface area contributed by atoms with Crippen molar-refractivity contribution in [3.63, 3.8) is 0 Å². The lowest BCUT2D eigenvalue weighted by molar-refractivity contribution is -0.132. The summed E-state index contributed by atoms with van der Waals surface area (Å²) in [5, 5.41) is 0. The SMILES string of the molecule is N/C=N\c1ncccc1CCCC1CC2CN(c3ccc(F)cn3)CCN2C1=O. The number of hydrogen-bond acceptors (Lipinski definition) is 5. The van der Waals surface area contributed by atoms with Crippen LogP contribution < -0.4 is 10.6 Å². The lowest BCUT2D eigenvalue weighted by atomic mass is 9.96. The molecular formula is C21H25FN6O. The fraction of sp³-hybridized carbons (Fsp3) is 0.429. The van der Waals surface area contributed by atoms with E-state index in [1.165, 1.54) is 18.6 Å². The molecule has 152 valence electrons. The molecule has 2 atom stereocenters. The zero-order valence-electron chi connectivity index (χ0n) is 16.2. The van der Waals surface area contributed by atoms with Gasteiger partial charge in [-0.2, -0.15) is 0 Å². The van der Waals surface area contributed by atoms with Crippen LogP contribution >= 0.6 is 0 Å². The number of carbonyl (C=O) groups excluding carboxylic acids is 1. The summed E-state index contributed by atoms with van der Waals surface area (Å²) in [4.78, 5) is 29.5. The molecule has 2 aliphatic heterocycles. The molecule has 0 aliphatic carbocycles. The highest BCUT2D eigenvalue weighted by Crippen LogP contribution is 2.32. The average Bonchev–Trinajstić information content (AvgIpc) is 3.05. The van der Waals surface area contributed by atoms with E-state index in [1.807, 2.05) is 17.0 Å². The number of rotatable bonds is 6. The van der Waals surface area contributed by atoms with Crippen LogP contribution in [-0.2, 0) is 11.2 Å². The summed E-state index contributed by atoms with van der Waals surface area (Å²) in [5.41, 5.74) is 6.44. The molecule has 0 bridgehead atoms. The number of amides is 1. The zero-order chi connectivity index (χ0) is 20.2. The Kier molecular flexibility index (Phi) is 5.69. The van der Waals surface area contributed by atoms with E-state index in [-0.39, 0.29) is 23.7 Å². The van der Waals surface area contributed by atoms with Crippen molar-refractivity contribution in [2.24, 2.45) is 16.6 Å². The molecule has 0 spiro atoms. The van der Waals surface area contributed by atoms with Crippen molar-refractivity contribution in [3.8, 4) is 0 Å². The summed E-state index contributed by atoms with van der Waals surface area (Å²) in [7, 11) is 0.